The number of hydrogen-bond acceptors (Lipinski definition) is 5. The molecule has 1 aliphatic rings. The van der Waals surface area contributed by atoms with Crippen LogP contribution in [-0.4, -0.2) is 30.2 Å². The Bertz CT molecular complexity index is 904. The summed E-state index contributed by atoms with van der Waals surface area (Å²) in [4.78, 5) is 11.7. The Kier molecular flexibility index (Phi) is 3.96. The molecule has 2 N–H and O–H groups in total. The lowest BCUT2D eigenvalue weighted by molar-refractivity contribution is -0.122. The molecule has 0 spiro atoms. The Hall–Kier alpha value is -2.55. The van der Waals surface area contributed by atoms with Crippen molar-refractivity contribution in [1.29, 1.82) is 0 Å². The molecule has 2 heterocycles. The van der Waals surface area contributed by atoms with E-state index < -0.39 is 16.1 Å². The van der Waals surface area contributed by atoms with Gasteiger partial charge in [0.1, 0.15) is 5.75 Å². The summed E-state index contributed by atoms with van der Waals surface area (Å²) >= 11 is 0. The maximum atomic E-state index is 12.5. The number of rotatable bonds is 4. The van der Waals surface area contributed by atoms with Crippen LogP contribution in [0, 0.1) is 6.92 Å². The number of carbonyl (C=O) groups is 1. The van der Waals surface area contributed by atoms with Crippen LogP contribution in [0.25, 0.3) is 0 Å². The summed E-state index contributed by atoms with van der Waals surface area (Å²) < 4.78 is 34.6. The first-order valence-corrected chi connectivity index (χ1v) is 8.97. The number of aryl methyl sites for hydroxylation is 2. The van der Waals surface area contributed by atoms with Crippen LogP contribution in [0.3, 0.4) is 0 Å². The molecule has 3 rings (SSSR count). The third-order valence-electron chi connectivity index (χ3n) is 3.71. The molecule has 1 aromatic carbocycles. The van der Waals surface area contributed by atoms with Gasteiger partial charge in [-0.3, -0.25) is 14.2 Å². The van der Waals surface area contributed by atoms with Crippen molar-refractivity contribution in [2.45, 2.75) is 38.3 Å². The topological polar surface area (TPSA) is 102 Å². The van der Waals surface area contributed by atoms with Gasteiger partial charge in [-0.15, -0.1) is 0 Å². The molecule has 8 nitrogen and oxygen atoms in total. The Labute approximate surface area is 139 Å². The molecule has 0 fully saturated rings. The Morgan fingerprint density at radius 3 is 2.79 bits per heavy atom. The maximum absolute atomic E-state index is 12.5. The van der Waals surface area contributed by atoms with Gasteiger partial charge < -0.3 is 10.1 Å². The smallest absolute Gasteiger partial charge is 0.265 e. The van der Waals surface area contributed by atoms with E-state index in [9.17, 15) is 13.2 Å². The van der Waals surface area contributed by atoms with Crippen molar-refractivity contribution in [3.05, 3.63) is 30.0 Å². The monoisotopic (exact) mass is 350 g/mol. The van der Waals surface area contributed by atoms with E-state index in [4.69, 9.17) is 4.74 Å². The first kappa shape index (κ1) is 16.3. The van der Waals surface area contributed by atoms with E-state index in [0.717, 1.165) is 5.69 Å². The summed E-state index contributed by atoms with van der Waals surface area (Å²) in [6.07, 6.45) is -0.612. The zero-order valence-corrected chi connectivity index (χ0v) is 14.3. The number of anilines is 2. The van der Waals surface area contributed by atoms with Crippen molar-refractivity contribution in [2.24, 2.45) is 0 Å². The molecular weight excluding hydrogens is 332 g/mol. The normalized spacial score (nSPS) is 17.0. The van der Waals surface area contributed by atoms with Crippen LogP contribution in [0.5, 0.6) is 5.75 Å². The van der Waals surface area contributed by atoms with Crippen LogP contribution in [0.4, 0.5) is 11.5 Å². The second-order valence-corrected chi connectivity index (χ2v) is 7.18. The maximum Gasteiger partial charge on any atom is 0.265 e. The largest absolute Gasteiger partial charge is 0.479 e. The first-order chi connectivity index (χ1) is 11.3. The highest BCUT2D eigenvalue weighted by Crippen LogP contribution is 2.32. The molecule has 1 aliphatic heterocycles. The number of sulfonamides is 1. The van der Waals surface area contributed by atoms with Gasteiger partial charge in [0.05, 0.1) is 10.6 Å². The van der Waals surface area contributed by atoms with Crippen molar-refractivity contribution in [1.82, 2.24) is 9.78 Å². The lowest BCUT2D eigenvalue weighted by Crippen LogP contribution is -2.34. The zero-order chi connectivity index (χ0) is 17.5. The van der Waals surface area contributed by atoms with Crippen LogP contribution >= 0.6 is 0 Å². The number of benzene rings is 1. The fourth-order valence-electron chi connectivity index (χ4n) is 2.43. The van der Waals surface area contributed by atoms with Crippen LogP contribution in [0.2, 0.25) is 0 Å². The SMILES string of the molecule is CCn1nc(NS(=O)(=O)c2ccc3c(c2)NC(=O)[C@@H](C)O3)cc1C. The number of fused-ring (bicyclic) bond motifs is 1. The summed E-state index contributed by atoms with van der Waals surface area (Å²) in [5.74, 6) is 0.371. The van der Waals surface area contributed by atoms with Crippen LogP contribution < -0.4 is 14.8 Å². The molecule has 1 amide bonds. The lowest BCUT2D eigenvalue weighted by atomic mass is 10.2. The third-order valence-corrected chi connectivity index (χ3v) is 5.06. The second kappa shape index (κ2) is 5.82. The van der Waals surface area contributed by atoms with E-state index in [-0.39, 0.29) is 16.6 Å². The molecule has 1 aromatic heterocycles. The molecule has 0 bridgehead atoms. The van der Waals surface area contributed by atoms with Gasteiger partial charge in [0, 0.05) is 18.3 Å². The highest BCUT2D eigenvalue weighted by Gasteiger charge is 2.26. The van der Waals surface area contributed by atoms with Crippen molar-refractivity contribution in [3.63, 3.8) is 0 Å². The van der Waals surface area contributed by atoms with Gasteiger partial charge in [-0.2, -0.15) is 5.10 Å². The second-order valence-electron chi connectivity index (χ2n) is 5.50. The summed E-state index contributed by atoms with van der Waals surface area (Å²) in [6.45, 7) is 6.04. The van der Waals surface area contributed by atoms with E-state index >= 15 is 0 Å². The average molecular weight is 350 g/mol. The lowest BCUT2D eigenvalue weighted by Gasteiger charge is -2.23. The number of hydrogen-bond donors (Lipinski definition) is 2. The van der Waals surface area contributed by atoms with E-state index in [2.05, 4.69) is 15.1 Å². The highest BCUT2D eigenvalue weighted by atomic mass is 32.2. The fraction of sp³-hybridized carbons (Fsp3) is 0.333. The van der Waals surface area contributed by atoms with E-state index in [1.54, 1.807) is 17.7 Å². The van der Waals surface area contributed by atoms with Gasteiger partial charge in [-0.25, -0.2) is 8.42 Å². The molecule has 0 saturated heterocycles. The molecule has 1 atom stereocenters. The van der Waals surface area contributed by atoms with Crippen LogP contribution in [0.1, 0.15) is 19.5 Å². The molecule has 24 heavy (non-hydrogen) atoms. The molecule has 0 aliphatic carbocycles. The van der Waals surface area contributed by atoms with Crippen molar-refractivity contribution in [3.8, 4) is 5.75 Å². The van der Waals surface area contributed by atoms with Crippen molar-refractivity contribution in [2.75, 3.05) is 10.0 Å². The minimum absolute atomic E-state index is 0.0170. The number of nitrogens with zero attached hydrogens (tertiary/aromatic N) is 2. The van der Waals surface area contributed by atoms with E-state index in [1.807, 2.05) is 13.8 Å². The van der Waals surface area contributed by atoms with Gasteiger partial charge in [-0.1, -0.05) is 0 Å². The van der Waals surface area contributed by atoms with Crippen LogP contribution in [-0.2, 0) is 21.4 Å². The fourth-order valence-corrected chi connectivity index (χ4v) is 3.44. The number of nitrogens with one attached hydrogen (secondary N) is 2. The third kappa shape index (κ3) is 2.94. The molecular formula is C15H18N4O4S. The minimum atomic E-state index is -3.82. The standard InChI is InChI=1S/C15H18N4O4S/c1-4-19-9(2)7-14(17-19)18-24(21,22)11-5-6-13-12(8-11)16-15(20)10(3)23-13/h5-8,10H,4H2,1-3H3,(H,16,20)(H,17,18)/t10-/m1/s1. The van der Waals surface area contributed by atoms with E-state index in [1.165, 1.54) is 18.2 Å². The molecule has 9 heteroatoms. The number of aromatic nitrogens is 2. The Morgan fingerprint density at radius 1 is 1.38 bits per heavy atom. The van der Waals surface area contributed by atoms with Crippen molar-refractivity contribution >= 4 is 27.4 Å². The molecule has 0 unspecified atom stereocenters. The summed E-state index contributed by atoms with van der Waals surface area (Å²) in [7, 11) is -3.82. The predicted molar refractivity (Wildman–Crippen MR) is 88.6 cm³/mol. The number of ether oxygens (including phenoxy) is 1. The Morgan fingerprint density at radius 2 is 2.12 bits per heavy atom. The van der Waals surface area contributed by atoms with Gasteiger partial charge in [0.2, 0.25) is 0 Å². The predicted octanol–water partition coefficient (Wildman–Crippen LogP) is 1.73. The minimum Gasteiger partial charge on any atom is -0.479 e. The average Bonchev–Trinajstić information content (AvgIpc) is 2.86. The van der Waals surface area contributed by atoms with Crippen molar-refractivity contribution < 1.29 is 17.9 Å². The number of amides is 1. The summed E-state index contributed by atoms with van der Waals surface area (Å²) in [5.41, 5.74) is 1.19. The first-order valence-electron chi connectivity index (χ1n) is 7.49. The summed E-state index contributed by atoms with van der Waals surface area (Å²) in [5, 5.41) is 6.81. The molecule has 128 valence electrons. The Balaban J connectivity index is 1.90. The van der Waals surface area contributed by atoms with Gasteiger partial charge in [0.25, 0.3) is 15.9 Å². The zero-order valence-electron chi connectivity index (χ0n) is 13.5. The van der Waals surface area contributed by atoms with Gasteiger partial charge in [0.15, 0.2) is 11.9 Å². The molecule has 0 radical (unpaired) electrons. The summed E-state index contributed by atoms with van der Waals surface area (Å²) in [6, 6.07) is 5.97. The van der Waals surface area contributed by atoms with Gasteiger partial charge in [-0.05, 0) is 39.0 Å². The number of carbonyl (C=O) groups excluding carboxylic acids is 1. The van der Waals surface area contributed by atoms with Gasteiger partial charge >= 0.3 is 0 Å². The highest BCUT2D eigenvalue weighted by molar-refractivity contribution is 7.92. The molecule has 0 saturated carbocycles. The quantitative estimate of drug-likeness (QED) is 0.874. The molecule has 2 aromatic rings. The van der Waals surface area contributed by atoms with E-state index in [0.29, 0.717) is 18.0 Å². The van der Waals surface area contributed by atoms with Crippen LogP contribution in [0.15, 0.2) is 29.2 Å².